The SMILES string of the molecule is [2H][C@@H](C[C@H]1CCNC1=O)C(=O)c1nc2ccccc2s1. The van der Waals surface area contributed by atoms with E-state index in [0.29, 0.717) is 18.0 Å². The molecule has 3 rings (SSSR count). The number of nitrogens with zero attached hydrogens (tertiary/aromatic N) is 1. The molecular weight excluding hydrogens is 260 g/mol. The van der Waals surface area contributed by atoms with Gasteiger partial charge in [-0.05, 0) is 25.0 Å². The Morgan fingerprint density at radius 2 is 2.37 bits per heavy atom. The Balaban J connectivity index is 1.75. The fourth-order valence-electron chi connectivity index (χ4n) is 2.18. The summed E-state index contributed by atoms with van der Waals surface area (Å²) >= 11 is 1.31. The molecule has 2 atom stereocenters. The summed E-state index contributed by atoms with van der Waals surface area (Å²) in [4.78, 5) is 28.0. The van der Waals surface area contributed by atoms with Gasteiger partial charge in [0.1, 0.15) is 0 Å². The molecule has 1 aliphatic heterocycles. The van der Waals surface area contributed by atoms with E-state index >= 15 is 0 Å². The van der Waals surface area contributed by atoms with Crippen LogP contribution in [-0.2, 0) is 4.79 Å². The van der Waals surface area contributed by atoms with Crippen molar-refractivity contribution in [3.63, 3.8) is 0 Å². The highest BCUT2D eigenvalue weighted by atomic mass is 32.1. The Kier molecular flexibility index (Phi) is 2.98. The number of fused-ring (bicyclic) bond motifs is 1. The van der Waals surface area contributed by atoms with Crippen LogP contribution >= 0.6 is 11.3 Å². The quantitative estimate of drug-likeness (QED) is 0.872. The lowest BCUT2D eigenvalue weighted by molar-refractivity contribution is -0.122. The van der Waals surface area contributed by atoms with E-state index in [0.717, 1.165) is 10.2 Å². The van der Waals surface area contributed by atoms with Crippen molar-refractivity contribution in [2.45, 2.75) is 19.2 Å². The molecule has 0 bridgehead atoms. The van der Waals surface area contributed by atoms with Crippen LogP contribution in [0.3, 0.4) is 0 Å². The molecule has 2 heterocycles. The molecule has 1 N–H and O–H groups in total. The third-order valence-electron chi connectivity index (χ3n) is 3.26. The van der Waals surface area contributed by atoms with Crippen LogP contribution in [0.25, 0.3) is 10.2 Å². The monoisotopic (exact) mass is 275 g/mol. The minimum absolute atomic E-state index is 0.0423. The highest BCUT2D eigenvalue weighted by Crippen LogP contribution is 2.24. The van der Waals surface area contributed by atoms with Crippen molar-refractivity contribution in [2.24, 2.45) is 5.92 Å². The Labute approximate surface area is 116 Å². The average molecular weight is 275 g/mol. The van der Waals surface area contributed by atoms with Gasteiger partial charge in [-0.25, -0.2) is 4.98 Å². The topological polar surface area (TPSA) is 59.1 Å². The largest absolute Gasteiger partial charge is 0.356 e. The van der Waals surface area contributed by atoms with Crippen molar-refractivity contribution in [1.82, 2.24) is 10.3 Å². The molecule has 0 saturated carbocycles. The van der Waals surface area contributed by atoms with Gasteiger partial charge in [0.05, 0.1) is 10.2 Å². The van der Waals surface area contributed by atoms with Crippen molar-refractivity contribution in [1.29, 1.82) is 0 Å². The number of aromatic nitrogens is 1. The van der Waals surface area contributed by atoms with Gasteiger partial charge < -0.3 is 5.32 Å². The second-order valence-corrected chi connectivity index (χ2v) is 5.60. The fraction of sp³-hybridized carbons (Fsp3) is 0.357. The van der Waals surface area contributed by atoms with Gasteiger partial charge >= 0.3 is 0 Å². The molecule has 1 amide bonds. The molecule has 1 fully saturated rings. The van der Waals surface area contributed by atoms with Gasteiger partial charge in [0.2, 0.25) is 5.91 Å². The Morgan fingerprint density at radius 1 is 1.53 bits per heavy atom. The van der Waals surface area contributed by atoms with E-state index in [1.807, 2.05) is 24.3 Å². The highest BCUT2D eigenvalue weighted by Gasteiger charge is 2.25. The second kappa shape index (κ2) is 5.09. The van der Waals surface area contributed by atoms with Crippen molar-refractivity contribution in [2.75, 3.05) is 6.54 Å². The van der Waals surface area contributed by atoms with Gasteiger partial charge in [0, 0.05) is 20.2 Å². The summed E-state index contributed by atoms with van der Waals surface area (Å²) in [6.45, 7) is 0.644. The van der Waals surface area contributed by atoms with Crippen LogP contribution in [0.1, 0.15) is 30.4 Å². The Hall–Kier alpha value is -1.75. The van der Waals surface area contributed by atoms with Gasteiger partial charge in [-0.1, -0.05) is 12.1 Å². The fourth-order valence-corrected chi connectivity index (χ4v) is 3.09. The average Bonchev–Trinajstić information content (AvgIpc) is 3.04. The summed E-state index contributed by atoms with van der Waals surface area (Å²) in [5, 5.41) is 3.09. The van der Waals surface area contributed by atoms with Gasteiger partial charge in [0.25, 0.3) is 0 Å². The summed E-state index contributed by atoms with van der Waals surface area (Å²) in [6.07, 6.45) is 0.0754. The first-order valence-corrected chi connectivity index (χ1v) is 7.06. The van der Waals surface area contributed by atoms with Crippen LogP contribution in [-0.4, -0.2) is 23.2 Å². The lowest BCUT2D eigenvalue weighted by atomic mass is 10.0. The molecular formula is C14H14N2O2S. The molecule has 1 aromatic carbocycles. The molecule has 1 aromatic heterocycles. The third-order valence-corrected chi connectivity index (χ3v) is 4.31. The molecule has 19 heavy (non-hydrogen) atoms. The first-order chi connectivity index (χ1) is 9.65. The zero-order chi connectivity index (χ0) is 14.1. The number of amides is 1. The Morgan fingerprint density at radius 3 is 3.11 bits per heavy atom. The second-order valence-electron chi connectivity index (χ2n) is 4.57. The van der Waals surface area contributed by atoms with Crippen LogP contribution in [0, 0.1) is 5.92 Å². The molecule has 1 aliphatic rings. The van der Waals surface area contributed by atoms with Gasteiger partial charge in [-0.15, -0.1) is 11.3 Å². The predicted molar refractivity (Wildman–Crippen MR) is 74.3 cm³/mol. The number of ketones is 1. The number of rotatable bonds is 4. The lowest BCUT2D eigenvalue weighted by Crippen LogP contribution is -2.19. The van der Waals surface area contributed by atoms with Crippen LogP contribution < -0.4 is 5.32 Å². The molecule has 0 radical (unpaired) electrons. The van der Waals surface area contributed by atoms with Crippen molar-refractivity contribution in [3.05, 3.63) is 29.3 Å². The van der Waals surface area contributed by atoms with E-state index in [9.17, 15) is 9.59 Å². The number of carbonyl (C=O) groups excluding carboxylic acids is 2. The molecule has 0 spiro atoms. The molecule has 98 valence electrons. The normalized spacial score (nSPS) is 21.2. The van der Waals surface area contributed by atoms with Crippen LogP contribution in [0.5, 0.6) is 0 Å². The number of carbonyl (C=O) groups is 2. The van der Waals surface area contributed by atoms with E-state index in [1.165, 1.54) is 11.3 Å². The number of hydrogen-bond donors (Lipinski definition) is 1. The molecule has 0 aliphatic carbocycles. The predicted octanol–water partition coefficient (Wildman–Crippen LogP) is 2.40. The minimum atomic E-state index is -0.913. The van der Waals surface area contributed by atoms with Crippen molar-refractivity contribution < 1.29 is 11.0 Å². The summed E-state index contributed by atoms with van der Waals surface area (Å²) in [7, 11) is 0. The number of para-hydroxylation sites is 1. The molecule has 4 nitrogen and oxygen atoms in total. The zero-order valence-electron chi connectivity index (χ0n) is 11.3. The molecule has 5 heteroatoms. The maximum atomic E-state index is 12.2. The molecule has 0 unspecified atom stereocenters. The lowest BCUT2D eigenvalue weighted by Gasteiger charge is -2.03. The smallest absolute Gasteiger partial charge is 0.223 e. The number of hydrogen-bond acceptors (Lipinski definition) is 4. The summed E-state index contributed by atoms with van der Waals surface area (Å²) in [5.74, 6) is -0.541. The van der Waals surface area contributed by atoms with E-state index in [-0.39, 0.29) is 24.0 Å². The van der Waals surface area contributed by atoms with Crippen LogP contribution in [0.15, 0.2) is 24.3 Å². The maximum absolute atomic E-state index is 12.2. The first kappa shape index (κ1) is 11.1. The number of benzene rings is 1. The van der Waals surface area contributed by atoms with E-state index in [4.69, 9.17) is 1.37 Å². The first-order valence-electron chi connectivity index (χ1n) is 6.82. The highest BCUT2D eigenvalue weighted by molar-refractivity contribution is 7.20. The van der Waals surface area contributed by atoms with Gasteiger partial charge in [0.15, 0.2) is 10.8 Å². The van der Waals surface area contributed by atoms with Crippen LogP contribution in [0.2, 0.25) is 0 Å². The standard InChI is InChI=1S/C14H14N2O2S/c17-11(6-5-9-7-8-15-13(9)18)14-16-10-3-1-2-4-12(10)19-14/h1-4,9H,5-8H2,(H,15,18)/t9-/m0/s1/i6D/t6-,9-. The minimum Gasteiger partial charge on any atom is -0.356 e. The van der Waals surface area contributed by atoms with E-state index in [2.05, 4.69) is 10.3 Å². The van der Waals surface area contributed by atoms with E-state index in [1.54, 1.807) is 0 Å². The van der Waals surface area contributed by atoms with Crippen LogP contribution in [0.4, 0.5) is 0 Å². The van der Waals surface area contributed by atoms with Gasteiger partial charge in [-0.2, -0.15) is 0 Å². The number of Topliss-reactive ketones (excluding diaryl/α,β-unsaturated/α-hetero) is 1. The Bertz CT molecular complexity index is 637. The zero-order valence-corrected chi connectivity index (χ0v) is 11.1. The van der Waals surface area contributed by atoms with E-state index < -0.39 is 6.40 Å². The number of nitrogens with one attached hydrogen (secondary N) is 1. The number of thiazole rings is 1. The molecule has 1 saturated heterocycles. The maximum Gasteiger partial charge on any atom is 0.223 e. The third kappa shape index (κ3) is 2.51. The summed E-state index contributed by atoms with van der Waals surface area (Å²) in [6, 6.07) is 7.53. The molecule has 2 aromatic rings. The summed E-state index contributed by atoms with van der Waals surface area (Å²) in [5.41, 5.74) is 0.784. The van der Waals surface area contributed by atoms with Crippen molar-refractivity contribution in [3.8, 4) is 0 Å². The van der Waals surface area contributed by atoms with Crippen molar-refractivity contribution >= 4 is 33.2 Å². The van der Waals surface area contributed by atoms with Gasteiger partial charge in [-0.3, -0.25) is 9.59 Å². The summed E-state index contributed by atoms with van der Waals surface area (Å²) < 4.78 is 8.93.